The van der Waals surface area contributed by atoms with Gasteiger partial charge in [-0.05, 0) is 45.2 Å². The van der Waals surface area contributed by atoms with Crippen LogP contribution >= 0.6 is 0 Å². The molecule has 3 nitrogen and oxygen atoms in total. The highest BCUT2D eigenvalue weighted by atomic mass is 16.3. The van der Waals surface area contributed by atoms with Gasteiger partial charge < -0.3 is 10.0 Å². The molecular weight excluding hydrogens is 212 g/mol. The maximum absolute atomic E-state index is 9.71. The molecule has 0 bridgehead atoms. The van der Waals surface area contributed by atoms with E-state index < -0.39 is 6.10 Å². The summed E-state index contributed by atoms with van der Waals surface area (Å²) in [6.45, 7) is 7.61. The van der Waals surface area contributed by atoms with Crippen LogP contribution in [0.25, 0.3) is 0 Å². The maximum atomic E-state index is 9.71. The molecule has 3 heteroatoms. The topological polar surface area (TPSA) is 36.4 Å². The predicted octanol–water partition coefficient (Wildman–Crippen LogP) is 2.90. The molecular formula is C14H22N2O. The number of aliphatic hydroxyl groups is 1. The SMILES string of the molecule is CC[C@H](O)c1ccc(N2CCCC2(C)C)cn1. The molecule has 1 aromatic heterocycles. The third-order valence-electron chi connectivity index (χ3n) is 3.71. The van der Waals surface area contributed by atoms with Crippen LogP contribution in [-0.2, 0) is 0 Å². The van der Waals surface area contributed by atoms with Crippen molar-refractivity contribution >= 4 is 5.69 Å². The van der Waals surface area contributed by atoms with E-state index in [1.54, 1.807) is 0 Å². The first-order valence-corrected chi connectivity index (χ1v) is 6.46. The molecule has 0 aliphatic carbocycles. The molecule has 1 aliphatic heterocycles. The first-order chi connectivity index (χ1) is 8.04. The molecule has 1 N–H and O–H groups in total. The van der Waals surface area contributed by atoms with Gasteiger partial charge in [0.15, 0.2) is 0 Å². The van der Waals surface area contributed by atoms with Crippen molar-refractivity contribution < 1.29 is 5.11 Å². The van der Waals surface area contributed by atoms with E-state index in [0.717, 1.165) is 12.2 Å². The Morgan fingerprint density at radius 1 is 1.47 bits per heavy atom. The summed E-state index contributed by atoms with van der Waals surface area (Å²) >= 11 is 0. The molecule has 0 aromatic carbocycles. The highest BCUT2D eigenvalue weighted by molar-refractivity contribution is 5.48. The molecule has 1 atom stereocenters. The van der Waals surface area contributed by atoms with E-state index in [1.807, 2.05) is 19.2 Å². The second-order valence-electron chi connectivity index (χ2n) is 5.43. The summed E-state index contributed by atoms with van der Waals surface area (Å²) in [5, 5.41) is 9.71. The van der Waals surface area contributed by atoms with Gasteiger partial charge in [0, 0.05) is 12.1 Å². The minimum absolute atomic E-state index is 0.229. The quantitative estimate of drug-likeness (QED) is 0.873. The van der Waals surface area contributed by atoms with Crippen LogP contribution in [0.3, 0.4) is 0 Å². The van der Waals surface area contributed by atoms with Crippen molar-refractivity contribution in [2.24, 2.45) is 0 Å². The van der Waals surface area contributed by atoms with Gasteiger partial charge in [0.25, 0.3) is 0 Å². The fraction of sp³-hybridized carbons (Fsp3) is 0.643. The van der Waals surface area contributed by atoms with E-state index in [1.165, 1.54) is 18.5 Å². The Morgan fingerprint density at radius 2 is 2.24 bits per heavy atom. The molecule has 0 unspecified atom stereocenters. The third kappa shape index (κ3) is 2.44. The molecule has 1 fully saturated rings. The van der Waals surface area contributed by atoms with Crippen LogP contribution in [0.4, 0.5) is 5.69 Å². The molecule has 94 valence electrons. The first-order valence-electron chi connectivity index (χ1n) is 6.46. The second-order valence-corrected chi connectivity index (χ2v) is 5.43. The molecule has 2 rings (SSSR count). The minimum atomic E-state index is -0.435. The van der Waals surface area contributed by atoms with Crippen molar-refractivity contribution in [2.45, 2.75) is 51.7 Å². The van der Waals surface area contributed by atoms with Crippen LogP contribution in [0.15, 0.2) is 18.3 Å². The second kappa shape index (κ2) is 4.65. The highest BCUT2D eigenvalue weighted by Crippen LogP contribution is 2.33. The van der Waals surface area contributed by atoms with Gasteiger partial charge in [0.1, 0.15) is 0 Å². The van der Waals surface area contributed by atoms with Crippen LogP contribution in [0.2, 0.25) is 0 Å². The summed E-state index contributed by atoms with van der Waals surface area (Å²) in [4.78, 5) is 6.77. The van der Waals surface area contributed by atoms with Crippen LogP contribution in [0.1, 0.15) is 51.8 Å². The van der Waals surface area contributed by atoms with Gasteiger partial charge in [-0.2, -0.15) is 0 Å². The van der Waals surface area contributed by atoms with Crippen molar-refractivity contribution in [1.82, 2.24) is 4.98 Å². The number of aromatic nitrogens is 1. The molecule has 1 aromatic rings. The lowest BCUT2D eigenvalue weighted by Crippen LogP contribution is -2.38. The van der Waals surface area contributed by atoms with Gasteiger partial charge in [-0.1, -0.05) is 6.92 Å². The summed E-state index contributed by atoms with van der Waals surface area (Å²) in [7, 11) is 0. The predicted molar refractivity (Wildman–Crippen MR) is 70.1 cm³/mol. The lowest BCUT2D eigenvalue weighted by Gasteiger charge is -2.33. The van der Waals surface area contributed by atoms with Gasteiger partial charge in [-0.15, -0.1) is 0 Å². The van der Waals surface area contributed by atoms with E-state index in [2.05, 4.69) is 29.8 Å². The van der Waals surface area contributed by atoms with E-state index in [4.69, 9.17) is 0 Å². The normalized spacial score (nSPS) is 20.6. The zero-order valence-electron chi connectivity index (χ0n) is 11.0. The fourth-order valence-corrected chi connectivity index (χ4v) is 2.55. The Bertz CT molecular complexity index is 372. The molecule has 0 spiro atoms. The first kappa shape index (κ1) is 12.4. The van der Waals surface area contributed by atoms with Gasteiger partial charge in [0.2, 0.25) is 0 Å². The average molecular weight is 234 g/mol. The zero-order valence-corrected chi connectivity index (χ0v) is 11.0. The summed E-state index contributed by atoms with van der Waals surface area (Å²) in [5.74, 6) is 0. The zero-order chi connectivity index (χ0) is 12.5. The van der Waals surface area contributed by atoms with E-state index >= 15 is 0 Å². The maximum Gasteiger partial charge on any atom is 0.0957 e. The summed E-state index contributed by atoms with van der Waals surface area (Å²) in [5.41, 5.74) is 2.17. The Balaban J connectivity index is 2.18. The fourth-order valence-electron chi connectivity index (χ4n) is 2.55. The van der Waals surface area contributed by atoms with Crippen molar-refractivity contribution in [3.8, 4) is 0 Å². The van der Waals surface area contributed by atoms with Crippen LogP contribution in [0.5, 0.6) is 0 Å². The van der Waals surface area contributed by atoms with Crippen molar-refractivity contribution in [3.63, 3.8) is 0 Å². The van der Waals surface area contributed by atoms with Crippen molar-refractivity contribution in [1.29, 1.82) is 0 Å². The van der Waals surface area contributed by atoms with Crippen molar-refractivity contribution in [3.05, 3.63) is 24.0 Å². The molecule has 0 radical (unpaired) electrons. The lowest BCUT2D eigenvalue weighted by molar-refractivity contribution is 0.169. The molecule has 1 aliphatic rings. The smallest absolute Gasteiger partial charge is 0.0957 e. The van der Waals surface area contributed by atoms with Gasteiger partial charge in [-0.25, -0.2) is 0 Å². The minimum Gasteiger partial charge on any atom is -0.387 e. The summed E-state index contributed by atoms with van der Waals surface area (Å²) in [6, 6.07) is 4.02. The molecule has 0 saturated carbocycles. The Morgan fingerprint density at radius 3 is 2.71 bits per heavy atom. The number of anilines is 1. The number of aliphatic hydroxyl groups excluding tert-OH is 1. The molecule has 1 saturated heterocycles. The lowest BCUT2D eigenvalue weighted by atomic mass is 10.0. The number of hydrogen-bond donors (Lipinski definition) is 1. The molecule has 0 amide bonds. The number of pyridine rings is 1. The number of rotatable bonds is 3. The van der Waals surface area contributed by atoms with Crippen LogP contribution in [0, 0.1) is 0 Å². The molecule has 2 heterocycles. The monoisotopic (exact) mass is 234 g/mol. The standard InChI is InChI=1S/C14H22N2O/c1-4-13(17)12-7-6-11(10-15-12)16-9-5-8-14(16,2)3/h6-7,10,13,17H,4-5,8-9H2,1-3H3/t13-/m0/s1. The summed E-state index contributed by atoms with van der Waals surface area (Å²) < 4.78 is 0. The van der Waals surface area contributed by atoms with E-state index in [9.17, 15) is 5.11 Å². The van der Waals surface area contributed by atoms with Crippen LogP contribution < -0.4 is 4.90 Å². The van der Waals surface area contributed by atoms with E-state index in [0.29, 0.717) is 6.42 Å². The largest absolute Gasteiger partial charge is 0.387 e. The number of nitrogens with zero attached hydrogens (tertiary/aromatic N) is 2. The number of hydrogen-bond acceptors (Lipinski definition) is 3. The molecule has 17 heavy (non-hydrogen) atoms. The Labute approximate surface area is 103 Å². The summed E-state index contributed by atoms with van der Waals surface area (Å²) in [6.07, 6.45) is 4.64. The Kier molecular flexibility index (Phi) is 3.38. The van der Waals surface area contributed by atoms with E-state index in [-0.39, 0.29) is 5.54 Å². The van der Waals surface area contributed by atoms with Crippen LogP contribution in [-0.4, -0.2) is 22.2 Å². The van der Waals surface area contributed by atoms with Gasteiger partial charge >= 0.3 is 0 Å². The Hall–Kier alpha value is -1.09. The van der Waals surface area contributed by atoms with Gasteiger partial charge in [-0.3, -0.25) is 4.98 Å². The average Bonchev–Trinajstić information content (AvgIpc) is 2.68. The highest BCUT2D eigenvalue weighted by Gasteiger charge is 2.32. The van der Waals surface area contributed by atoms with Gasteiger partial charge in [0.05, 0.1) is 23.7 Å². The van der Waals surface area contributed by atoms with Crippen molar-refractivity contribution in [2.75, 3.05) is 11.4 Å². The third-order valence-corrected chi connectivity index (χ3v) is 3.71.